The molecule has 0 saturated heterocycles. The molecular weight excluding hydrogens is 647 g/mol. The Balaban J connectivity index is 1.07. The highest BCUT2D eigenvalue weighted by molar-refractivity contribution is 6.19. The first-order valence-corrected chi connectivity index (χ1v) is 17.9. The average molecular weight is 676 g/mol. The molecule has 0 spiro atoms. The molecule has 2 aromatic heterocycles. The van der Waals surface area contributed by atoms with Crippen molar-refractivity contribution in [2.24, 2.45) is 0 Å². The molecule has 10 aromatic rings. The minimum Gasteiger partial charge on any atom is -0.456 e. The van der Waals surface area contributed by atoms with E-state index < -0.39 is 0 Å². The SMILES string of the molecule is c1ccc(-c2nc(-c3ccccc3)nc(-c3ccccc3-c3cccc4oc5cc(-c6ccc7c8c(cccc68)-c6ccccc6-7)ccc5c34)n2)cc1. The van der Waals surface area contributed by atoms with Crippen LogP contribution in [0.2, 0.25) is 0 Å². The molecule has 0 N–H and O–H groups in total. The number of hydrogen-bond donors (Lipinski definition) is 0. The lowest BCUT2D eigenvalue weighted by molar-refractivity contribution is 0.669. The van der Waals surface area contributed by atoms with Crippen LogP contribution in [0, 0.1) is 0 Å². The fourth-order valence-electron chi connectivity index (χ4n) is 8.12. The maximum absolute atomic E-state index is 6.66. The zero-order valence-corrected chi connectivity index (χ0v) is 28.5. The molecule has 0 amide bonds. The van der Waals surface area contributed by atoms with Crippen molar-refractivity contribution in [3.63, 3.8) is 0 Å². The molecule has 0 radical (unpaired) electrons. The van der Waals surface area contributed by atoms with Gasteiger partial charge in [0.05, 0.1) is 0 Å². The monoisotopic (exact) mass is 675 g/mol. The van der Waals surface area contributed by atoms with Gasteiger partial charge < -0.3 is 4.42 Å². The van der Waals surface area contributed by atoms with Crippen molar-refractivity contribution in [3.8, 4) is 78.7 Å². The van der Waals surface area contributed by atoms with Crippen LogP contribution in [0.15, 0.2) is 180 Å². The molecule has 0 aliphatic heterocycles. The summed E-state index contributed by atoms with van der Waals surface area (Å²) in [5.41, 5.74) is 14.1. The van der Waals surface area contributed by atoms with Crippen LogP contribution in [0.5, 0.6) is 0 Å². The molecule has 0 unspecified atom stereocenters. The van der Waals surface area contributed by atoms with E-state index in [2.05, 4.69) is 109 Å². The Bertz CT molecular complexity index is 2970. The van der Waals surface area contributed by atoms with E-state index in [1.165, 1.54) is 38.6 Å². The van der Waals surface area contributed by atoms with Crippen molar-refractivity contribution in [1.82, 2.24) is 15.0 Å². The van der Waals surface area contributed by atoms with Gasteiger partial charge in [-0.2, -0.15) is 0 Å². The van der Waals surface area contributed by atoms with Gasteiger partial charge in [0.1, 0.15) is 11.2 Å². The number of hydrogen-bond acceptors (Lipinski definition) is 4. The van der Waals surface area contributed by atoms with Crippen molar-refractivity contribution < 1.29 is 4.42 Å². The van der Waals surface area contributed by atoms with E-state index in [1.54, 1.807) is 0 Å². The van der Waals surface area contributed by atoms with Gasteiger partial charge in [0.2, 0.25) is 0 Å². The van der Waals surface area contributed by atoms with Crippen molar-refractivity contribution in [2.75, 3.05) is 0 Å². The third-order valence-electron chi connectivity index (χ3n) is 10.5. The summed E-state index contributed by atoms with van der Waals surface area (Å²) >= 11 is 0. The minimum atomic E-state index is 0.620. The van der Waals surface area contributed by atoms with Gasteiger partial charge in [-0.05, 0) is 73.5 Å². The number of fused-ring (bicyclic) bond motifs is 6. The van der Waals surface area contributed by atoms with Gasteiger partial charge in [0.25, 0.3) is 0 Å². The third-order valence-corrected chi connectivity index (χ3v) is 10.5. The Hall–Kier alpha value is -7.17. The molecule has 0 fully saturated rings. The Kier molecular flexibility index (Phi) is 6.52. The fraction of sp³-hybridized carbons (Fsp3) is 0. The smallest absolute Gasteiger partial charge is 0.164 e. The first-order chi connectivity index (χ1) is 26.3. The number of furan rings is 1. The molecule has 246 valence electrons. The molecule has 8 aromatic carbocycles. The maximum Gasteiger partial charge on any atom is 0.164 e. The summed E-state index contributed by atoms with van der Waals surface area (Å²) in [6, 6.07) is 61.4. The van der Waals surface area contributed by atoms with Gasteiger partial charge in [-0.25, -0.2) is 15.0 Å². The highest BCUT2D eigenvalue weighted by Crippen LogP contribution is 2.49. The molecule has 1 aliphatic rings. The van der Waals surface area contributed by atoms with Gasteiger partial charge >= 0.3 is 0 Å². The summed E-state index contributed by atoms with van der Waals surface area (Å²) in [5.74, 6) is 1.89. The minimum absolute atomic E-state index is 0.620. The van der Waals surface area contributed by atoms with Gasteiger partial charge in [-0.1, -0.05) is 158 Å². The predicted molar refractivity (Wildman–Crippen MR) is 216 cm³/mol. The van der Waals surface area contributed by atoms with Crippen LogP contribution in [0.25, 0.3) is 111 Å². The molecule has 1 aliphatic carbocycles. The summed E-state index contributed by atoms with van der Waals surface area (Å²) < 4.78 is 6.66. The average Bonchev–Trinajstić information content (AvgIpc) is 3.78. The largest absolute Gasteiger partial charge is 0.456 e. The highest BCUT2D eigenvalue weighted by atomic mass is 16.3. The van der Waals surface area contributed by atoms with Gasteiger partial charge in [-0.15, -0.1) is 0 Å². The predicted octanol–water partition coefficient (Wildman–Crippen LogP) is 12.9. The molecule has 0 atom stereocenters. The van der Waals surface area contributed by atoms with E-state index in [9.17, 15) is 0 Å². The standard InChI is InChI=1S/C49H29N3O/c1-3-13-30(14-4-1)47-50-48(31-15-5-2-6-16-31)52-49(51-47)41-20-10-9-19-36(41)39-23-12-24-43-46(39)42-26-25-32(29-44(42)53-43)33-27-28-40-35-18-8-7-17-34(35)38-22-11-21-37(33)45(38)40/h1-29H. The first-order valence-electron chi connectivity index (χ1n) is 17.9. The summed E-state index contributed by atoms with van der Waals surface area (Å²) in [7, 11) is 0. The zero-order valence-electron chi connectivity index (χ0n) is 28.5. The quantitative estimate of drug-likeness (QED) is 0.182. The van der Waals surface area contributed by atoms with Crippen LogP contribution in [0.1, 0.15) is 0 Å². The van der Waals surface area contributed by atoms with Crippen molar-refractivity contribution >= 4 is 32.7 Å². The van der Waals surface area contributed by atoms with Gasteiger partial charge in [0, 0.05) is 27.5 Å². The number of aromatic nitrogens is 3. The van der Waals surface area contributed by atoms with Crippen LogP contribution in [-0.2, 0) is 0 Å². The zero-order chi connectivity index (χ0) is 34.9. The second-order valence-electron chi connectivity index (χ2n) is 13.5. The Morgan fingerprint density at radius 1 is 0.283 bits per heavy atom. The van der Waals surface area contributed by atoms with E-state index in [-0.39, 0.29) is 0 Å². The van der Waals surface area contributed by atoms with Crippen LogP contribution in [-0.4, -0.2) is 15.0 Å². The molecule has 0 saturated carbocycles. The number of rotatable bonds is 5. The molecule has 2 heterocycles. The lowest BCUT2D eigenvalue weighted by Crippen LogP contribution is -2.01. The van der Waals surface area contributed by atoms with E-state index in [4.69, 9.17) is 19.4 Å². The molecule has 4 nitrogen and oxygen atoms in total. The Morgan fingerprint density at radius 2 is 0.792 bits per heavy atom. The van der Waals surface area contributed by atoms with Crippen LogP contribution < -0.4 is 0 Å². The third kappa shape index (κ3) is 4.66. The van der Waals surface area contributed by atoms with Crippen molar-refractivity contribution in [2.45, 2.75) is 0 Å². The van der Waals surface area contributed by atoms with Crippen molar-refractivity contribution in [3.05, 3.63) is 176 Å². The van der Waals surface area contributed by atoms with Crippen molar-refractivity contribution in [1.29, 1.82) is 0 Å². The number of benzene rings is 8. The lowest BCUT2D eigenvalue weighted by Gasteiger charge is -2.13. The molecule has 0 bridgehead atoms. The maximum atomic E-state index is 6.66. The molecule has 53 heavy (non-hydrogen) atoms. The molecule has 11 rings (SSSR count). The Morgan fingerprint density at radius 3 is 1.47 bits per heavy atom. The van der Waals surface area contributed by atoms with Gasteiger partial charge in [0.15, 0.2) is 17.5 Å². The number of nitrogens with zero attached hydrogens (tertiary/aromatic N) is 3. The summed E-state index contributed by atoms with van der Waals surface area (Å²) in [6.07, 6.45) is 0. The van der Waals surface area contributed by atoms with Crippen LogP contribution >= 0.6 is 0 Å². The summed E-state index contributed by atoms with van der Waals surface area (Å²) in [6.45, 7) is 0. The van der Waals surface area contributed by atoms with Crippen LogP contribution in [0.3, 0.4) is 0 Å². The fourth-order valence-corrected chi connectivity index (χ4v) is 8.12. The normalized spacial score (nSPS) is 11.8. The van der Waals surface area contributed by atoms with E-state index in [1.807, 2.05) is 66.7 Å². The molecular formula is C49H29N3O. The van der Waals surface area contributed by atoms with Crippen LogP contribution in [0.4, 0.5) is 0 Å². The lowest BCUT2D eigenvalue weighted by atomic mass is 9.92. The van der Waals surface area contributed by atoms with E-state index >= 15 is 0 Å². The van der Waals surface area contributed by atoms with E-state index in [0.29, 0.717) is 17.5 Å². The Labute approximate surface area is 305 Å². The van der Waals surface area contributed by atoms with E-state index in [0.717, 1.165) is 55.3 Å². The second kappa shape index (κ2) is 11.7. The summed E-state index contributed by atoms with van der Waals surface area (Å²) in [4.78, 5) is 15.1. The first kappa shape index (κ1) is 29.5. The topological polar surface area (TPSA) is 51.8 Å². The summed E-state index contributed by atoms with van der Waals surface area (Å²) in [5, 5.41) is 4.71. The molecule has 4 heteroatoms. The highest BCUT2D eigenvalue weighted by Gasteiger charge is 2.23. The van der Waals surface area contributed by atoms with Gasteiger partial charge in [-0.3, -0.25) is 0 Å². The second-order valence-corrected chi connectivity index (χ2v) is 13.5.